The Morgan fingerprint density at radius 3 is 2.57 bits per heavy atom. The van der Waals surface area contributed by atoms with Gasteiger partial charge in [0.2, 0.25) is 17.7 Å². The van der Waals surface area contributed by atoms with Gasteiger partial charge in [-0.3, -0.25) is 9.59 Å². The van der Waals surface area contributed by atoms with Crippen LogP contribution in [0.15, 0.2) is 18.2 Å². The van der Waals surface area contributed by atoms with E-state index in [0.717, 1.165) is 12.0 Å². The van der Waals surface area contributed by atoms with Crippen molar-refractivity contribution in [3.05, 3.63) is 29.3 Å². The van der Waals surface area contributed by atoms with Crippen LogP contribution in [0.2, 0.25) is 0 Å². The Morgan fingerprint density at radius 1 is 1.22 bits per heavy atom. The number of carbonyl (C=O) groups excluding carboxylic acids is 2. The third-order valence-corrected chi connectivity index (χ3v) is 4.85. The number of primary amides is 1. The van der Waals surface area contributed by atoms with Crippen LogP contribution in [0.3, 0.4) is 0 Å². The highest BCUT2D eigenvalue weighted by molar-refractivity contribution is 6.00. The van der Waals surface area contributed by atoms with Crippen LogP contribution in [0.4, 0.5) is 14.5 Å². The van der Waals surface area contributed by atoms with Crippen LogP contribution < -0.4 is 10.6 Å². The van der Waals surface area contributed by atoms with Crippen molar-refractivity contribution in [1.29, 1.82) is 0 Å². The maximum atomic E-state index is 13.3. The second-order valence-electron chi connectivity index (χ2n) is 6.39. The van der Waals surface area contributed by atoms with E-state index in [0.29, 0.717) is 24.2 Å². The molecule has 0 radical (unpaired) electrons. The molecule has 1 saturated carbocycles. The van der Waals surface area contributed by atoms with Gasteiger partial charge in [0.15, 0.2) is 0 Å². The van der Waals surface area contributed by atoms with Crippen LogP contribution in [0.5, 0.6) is 0 Å². The minimum absolute atomic E-state index is 0.108. The summed E-state index contributed by atoms with van der Waals surface area (Å²) in [5.41, 5.74) is 7.34. The molecule has 1 aliphatic carbocycles. The molecule has 0 bridgehead atoms. The summed E-state index contributed by atoms with van der Waals surface area (Å²) in [4.78, 5) is 26.0. The number of nitrogens with two attached hydrogens (primary N) is 1. The molecular formula is C17H20F2N2O2. The van der Waals surface area contributed by atoms with Gasteiger partial charge in [-0.05, 0) is 43.4 Å². The number of halogens is 2. The van der Waals surface area contributed by atoms with Gasteiger partial charge in [-0.25, -0.2) is 8.78 Å². The molecule has 4 nitrogen and oxygen atoms in total. The number of hydrogen-bond acceptors (Lipinski definition) is 2. The SMILES string of the molecule is NC(=O)c1cccc2c1CCCN2C(=O)C1CCC(F)(F)CC1. The summed E-state index contributed by atoms with van der Waals surface area (Å²) in [7, 11) is 0. The van der Waals surface area contributed by atoms with Gasteiger partial charge in [-0.15, -0.1) is 0 Å². The summed E-state index contributed by atoms with van der Waals surface area (Å²) >= 11 is 0. The van der Waals surface area contributed by atoms with Gasteiger partial charge in [0.1, 0.15) is 0 Å². The summed E-state index contributed by atoms with van der Waals surface area (Å²) in [5.74, 6) is -3.62. The number of fused-ring (bicyclic) bond motifs is 1. The standard InChI is InChI=1S/C17H20F2N2O2/c18-17(19)8-6-11(7-9-17)16(23)21-10-2-4-12-13(15(20)22)3-1-5-14(12)21/h1,3,5,11H,2,4,6-10H2,(H2,20,22). The second-order valence-corrected chi connectivity index (χ2v) is 6.39. The lowest BCUT2D eigenvalue weighted by molar-refractivity contribution is -0.126. The minimum atomic E-state index is -2.64. The maximum Gasteiger partial charge on any atom is 0.249 e. The molecule has 2 aliphatic rings. The minimum Gasteiger partial charge on any atom is -0.366 e. The Kier molecular flexibility index (Phi) is 4.08. The molecule has 3 rings (SSSR count). The number of hydrogen-bond donors (Lipinski definition) is 1. The fourth-order valence-corrected chi connectivity index (χ4v) is 3.59. The first kappa shape index (κ1) is 15.9. The third-order valence-electron chi connectivity index (χ3n) is 4.85. The first-order valence-electron chi connectivity index (χ1n) is 8.00. The third kappa shape index (κ3) is 3.07. The Morgan fingerprint density at radius 2 is 1.91 bits per heavy atom. The average molecular weight is 322 g/mol. The molecule has 1 fully saturated rings. The van der Waals surface area contributed by atoms with E-state index in [9.17, 15) is 18.4 Å². The van der Waals surface area contributed by atoms with Gasteiger partial charge in [0.05, 0.1) is 0 Å². The predicted molar refractivity (Wildman–Crippen MR) is 82.5 cm³/mol. The Labute approximate surface area is 133 Å². The molecule has 1 aromatic rings. The van der Waals surface area contributed by atoms with E-state index < -0.39 is 11.8 Å². The van der Waals surface area contributed by atoms with Crippen molar-refractivity contribution in [2.75, 3.05) is 11.4 Å². The van der Waals surface area contributed by atoms with Crippen molar-refractivity contribution >= 4 is 17.5 Å². The predicted octanol–water partition coefficient (Wildman–Crippen LogP) is 2.89. The second kappa shape index (κ2) is 5.91. The zero-order valence-electron chi connectivity index (χ0n) is 12.9. The van der Waals surface area contributed by atoms with Gasteiger partial charge in [0.25, 0.3) is 0 Å². The molecule has 2 amide bonds. The smallest absolute Gasteiger partial charge is 0.249 e. The molecule has 0 spiro atoms. The molecule has 2 N–H and O–H groups in total. The van der Waals surface area contributed by atoms with E-state index in [2.05, 4.69) is 0 Å². The lowest BCUT2D eigenvalue weighted by Crippen LogP contribution is -2.42. The van der Waals surface area contributed by atoms with Crippen molar-refractivity contribution in [3.63, 3.8) is 0 Å². The fraction of sp³-hybridized carbons (Fsp3) is 0.529. The van der Waals surface area contributed by atoms with Crippen molar-refractivity contribution in [1.82, 2.24) is 0 Å². The molecule has 1 aliphatic heterocycles. The summed E-state index contributed by atoms with van der Waals surface area (Å²) in [6.45, 7) is 0.556. The number of alkyl halides is 2. The average Bonchev–Trinajstić information content (AvgIpc) is 2.53. The Bertz CT molecular complexity index is 635. The molecule has 1 heterocycles. The Hall–Kier alpha value is -1.98. The van der Waals surface area contributed by atoms with E-state index in [4.69, 9.17) is 5.73 Å². The molecule has 0 unspecified atom stereocenters. The van der Waals surface area contributed by atoms with Crippen molar-refractivity contribution in [2.24, 2.45) is 11.7 Å². The zero-order chi connectivity index (χ0) is 16.6. The van der Waals surface area contributed by atoms with Crippen molar-refractivity contribution in [2.45, 2.75) is 44.4 Å². The molecule has 6 heteroatoms. The molecule has 1 aromatic carbocycles. The van der Waals surface area contributed by atoms with Crippen LogP contribution in [-0.2, 0) is 11.2 Å². The first-order valence-corrected chi connectivity index (χ1v) is 8.00. The van der Waals surface area contributed by atoms with Crippen molar-refractivity contribution < 1.29 is 18.4 Å². The molecular weight excluding hydrogens is 302 g/mol. The lowest BCUT2D eigenvalue weighted by Gasteiger charge is -2.35. The van der Waals surface area contributed by atoms with Gasteiger partial charge < -0.3 is 10.6 Å². The summed E-state index contributed by atoms with van der Waals surface area (Å²) in [6.07, 6.45) is 1.41. The lowest BCUT2D eigenvalue weighted by atomic mass is 9.85. The van der Waals surface area contributed by atoms with E-state index in [1.54, 1.807) is 23.1 Å². The van der Waals surface area contributed by atoms with Crippen LogP contribution in [-0.4, -0.2) is 24.3 Å². The maximum absolute atomic E-state index is 13.3. The van der Waals surface area contributed by atoms with Gasteiger partial charge in [-0.2, -0.15) is 0 Å². The highest BCUT2D eigenvalue weighted by Crippen LogP contribution is 2.38. The van der Waals surface area contributed by atoms with Gasteiger partial charge in [0, 0.05) is 36.6 Å². The highest BCUT2D eigenvalue weighted by Gasteiger charge is 2.39. The fourth-order valence-electron chi connectivity index (χ4n) is 3.59. The molecule has 0 saturated heterocycles. The number of benzene rings is 1. The first-order chi connectivity index (χ1) is 10.9. The highest BCUT2D eigenvalue weighted by atomic mass is 19.3. The van der Waals surface area contributed by atoms with Crippen LogP contribution in [0, 0.1) is 5.92 Å². The van der Waals surface area contributed by atoms with Crippen LogP contribution in [0.25, 0.3) is 0 Å². The van der Waals surface area contributed by atoms with E-state index in [-0.39, 0.29) is 37.5 Å². The van der Waals surface area contributed by atoms with Crippen LogP contribution in [0.1, 0.15) is 48.0 Å². The monoisotopic (exact) mass is 322 g/mol. The van der Waals surface area contributed by atoms with Crippen molar-refractivity contribution in [3.8, 4) is 0 Å². The van der Waals surface area contributed by atoms with E-state index in [1.807, 2.05) is 0 Å². The van der Waals surface area contributed by atoms with E-state index in [1.165, 1.54) is 0 Å². The van der Waals surface area contributed by atoms with E-state index >= 15 is 0 Å². The zero-order valence-corrected chi connectivity index (χ0v) is 12.9. The summed E-state index contributed by atoms with van der Waals surface area (Å²) in [6, 6.07) is 5.17. The number of amides is 2. The molecule has 23 heavy (non-hydrogen) atoms. The quantitative estimate of drug-likeness (QED) is 0.910. The van der Waals surface area contributed by atoms with Gasteiger partial charge >= 0.3 is 0 Å². The normalized spacial score (nSPS) is 20.9. The van der Waals surface area contributed by atoms with Gasteiger partial charge in [-0.1, -0.05) is 6.07 Å². The summed E-state index contributed by atoms with van der Waals surface area (Å²) < 4.78 is 26.6. The molecule has 124 valence electrons. The Balaban J connectivity index is 1.85. The number of anilines is 1. The number of carbonyl (C=O) groups is 2. The largest absolute Gasteiger partial charge is 0.366 e. The topological polar surface area (TPSA) is 63.4 Å². The molecule has 0 aromatic heterocycles. The number of rotatable bonds is 2. The molecule has 0 atom stereocenters. The summed E-state index contributed by atoms with van der Waals surface area (Å²) in [5, 5.41) is 0. The number of nitrogens with zero attached hydrogens (tertiary/aromatic N) is 1. The van der Waals surface area contributed by atoms with Crippen LogP contribution >= 0.6 is 0 Å².